The van der Waals surface area contributed by atoms with Crippen LogP contribution in [0.25, 0.3) is 0 Å². The molecule has 1 aromatic carbocycles. The zero-order chi connectivity index (χ0) is 22.2. The zero-order valence-corrected chi connectivity index (χ0v) is 18.8. The van der Waals surface area contributed by atoms with Crippen LogP contribution in [0.4, 0.5) is 10.5 Å². The van der Waals surface area contributed by atoms with Gasteiger partial charge in [0.05, 0.1) is 18.4 Å². The van der Waals surface area contributed by atoms with Gasteiger partial charge in [0.25, 0.3) is 5.91 Å². The summed E-state index contributed by atoms with van der Waals surface area (Å²) in [6.07, 6.45) is -0.930. The molecule has 0 aliphatic carbocycles. The van der Waals surface area contributed by atoms with Gasteiger partial charge in [-0.3, -0.25) is 9.59 Å². The van der Waals surface area contributed by atoms with E-state index in [9.17, 15) is 19.6 Å². The van der Waals surface area contributed by atoms with Crippen molar-refractivity contribution in [3.63, 3.8) is 0 Å². The highest BCUT2D eigenvalue weighted by molar-refractivity contribution is 9.10. The fraction of sp³-hybridized carbons (Fsp3) is 0.500. The number of nitriles is 1. The third-order valence-corrected chi connectivity index (χ3v) is 5.19. The topological polar surface area (TPSA) is 109 Å². The molecule has 0 aromatic heterocycles. The minimum Gasteiger partial charge on any atom is -0.465 e. The number of nitrogens with one attached hydrogen (secondary N) is 1. The Morgan fingerprint density at radius 2 is 1.93 bits per heavy atom. The lowest BCUT2D eigenvalue weighted by atomic mass is 9.68. The van der Waals surface area contributed by atoms with Crippen LogP contribution in [0.5, 0.6) is 0 Å². The first-order chi connectivity index (χ1) is 13.3. The van der Waals surface area contributed by atoms with Gasteiger partial charge >= 0.3 is 12.1 Å². The van der Waals surface area contributed by atoms with Crippen molar-refractivity contribution in [3.05, 3.63) is 28.2 Å². The monoisotopic (exact) mass is 465 g/mol. The van der Waals surface area contributed by atoms with Crippen LogP contribution in [0.2, 0.25) is 0 Å². The quantitative estimate of drug-likeness (QED) is 0.683. The van der Waals surface area contributed by atoms with Gasteiger partial charge < -0.3 is 19.7 Å². The van der Waals surface area contributed by atoms with Gasteiger partial charge in [-0.15, -0.1) is 0 Å². The molecule has 29 heavy (non-hydrogen) atoms. The molecule has 1 heterocycles. The number of rotatable bonds is 4. The van der Waals surface area contributed by atoms with Crippen LogP contribution in [0.15, 0.2) is 22.7 Å². The van der Waals surface area contributed by atoms with E-state index in [1.54, 1.807) is 45.9 Å². The number of amides is 2. The van der Waals surface area contributed by atoms with E-state index in [0.29, 0.717) is 15.7 Å². The maximum atomic E-state index is 13.5. The smallest absolute Gasteiger partial charge is 0.408 e. The Kier molecular flexibility index (Phi) is 6.00. The highest BCUT2D eigenvalue weighted by atomic mass is 79.9. The van der Waals surface area contributed by atoms with E-state index in [1.165, 1.54) is 18.9 Å². The van der Waals surface area contributed by atoms with Crippen molar-refractivity contribution in [2.45, 2.75) is 45.8 Å². The van der Waals surface area contributed by atoms with E-state index >= 15 is 0 Å². The van der Waals surface area contributed by atoms with Gasteiger partial charge in [-0.1, -0.05) is 22.0 Å². The molecule has 2 unspecified atom stereocenters. The van der Waals surface area contributed by atoms with Crippen molar-refractivity contribution in [2.75, 3.05) is 18.6 Å². The van der Waals surface area contributed by atoms with Crippen LogP contribution >= 0.6 is 15.9 Å². The third kappa shape index (κ3) is 3.69. The molecule has 1 aromatic rings. The molecule has 9 heteroatoms. The molecule has 1 aliphatic heterocycles. The molecule has 0 fully saturated rings. The van der Waals surface area contributed by atoms with Crippen molar-refractivity contribution in [1.29, 1.82) is 5.26 Å². The van der Waals surface area contributed by atoms with Crippen LogP contribution in [-0.2, 0) is 24.6 Å². The van der Waals surface area contributed by atoms with Gasteiger partial charge in [0.1, 0.15) is 5.60 Å². The van der Waals surface area contributed by atoms with E-state index in [0.717, 1.165) is 0 Å². The van der Waals surface area contributed by atoms with Crippen LogP contribution < -0.4 is 10.2 Å². The number of halogens is 1. The molecule has 2 amide bonds. The molecule has 0 bridgehead atoms. The van der Waals surface area contributed by atoms with Crippen LogP contribution in [-0.4, -0.2) is 37.2 Å². The third-order valence-electron chi connectivity index (χ3n) is 4.70. The lowest BCUT2D eigenvalue weighted by Gasteiger charge is -2.39. The predicted octanol–water partition coefficient (Wildman–Crippen LogP) is 3.24. The lowest BCUT2D eigenvalue weighted by molar-refractivity contribution is -0.158. The number of hydrogen-bond donors (Lipinski definition) is 1. The Morgan fingerprint density at radius 1 is 1.31 bits per heavy atom. The molecular weight excluding hydrogens is 442 g/mol. The molecule has 2 rings (SSSR count). The van der Waals surface area contributed by atoms with Gasteiger partial charge in [0, 0.05) is 17.1 Å². The molecule has 0 saturated carbocycles. The molecule has 0 spiro atoms. The van der Waals surface area contributed by atoms with Crippen molar-refractivity contribution in [3.8, 4) is 6.07 Å². The van der Waals surface area contributed by atoms with Crippen LogP contribution in [0, 0.1) is 16.7 Å². The van der Waals surface area contributed by atoms with Gasteiger partial charge in [0.15, 0.2) is 11.0 Å². The SMILES string of the molecule is CCOC(=O)C(C)(C#N)C1(NC(=O)OC(C)(C)C)C(=O)N(C)c2cc(Br)ccc21. The molecule has 0 radical (unpaired) electrons. The average Bonchev–Trinajstić information content (AvgIpc) is 2.82. The number of likely N-dealkylation sites (N-methyl/N-ethyl adjacent to an activating group) is 1. The number of nitrogens with zero attached hydrogens (tertiary/aromatic N) is 2. The number of fused-ring (bicyclic) bond motifs is 1. The Hall–Kier alpha value is -2.60. The van der Waals surface area contributed by atoms with E-state index < -0.39 is 34.5 Å². The molecule has 2 atom stereocenters. The highest BCUT2D eigenvalue weighted by Gasteiger charge is 2.67. The molecular formula is C20H24BrN3O5. The minimum atomic E-state index is -2.05. The first-order valence-electron chi connectivity index (χ1n) is 9.02. The number of anilines is 1. The van der Waals surface area contributed by atoms with Gasteiger partial charge in [-0.25, -0.2) is 4.79 Å². The fourth-order valence-electron chi connectivity index (χ4n) is 3.32. The Morgan fingerprint density at radius 3 is 2.45 bits per heavy atom. The first kappa shape index (κ1) is 22.7. The molecule has 1 N–H and O–H groups in total. The minimum absolute atomic E-state index is 0.00977. The summed E-state index contributed by atoms with van der Waals surface area (Å²) in [7, 11) is 1.51. The molecule has 156 valence electrons. The summed E-state index contributed by atoms with van der Waals surface area (Å²) in [5.74, 6) is -1.57. The summed E-state index contributed by atoms with van der Waals surface area (Å²) in [4.78, 5) is 40.4. The summed E-state index contributed by atoms with van der Waals surface area (Å²) in [6.45, 7) is 7.89. The lowest BCUT2D eigenvalue weighted by Crippen LogP contribution is -2.64. The highest BCUT2D eigenvalue weighted by Crippen LogP contribution is 2.51. The zero-order valence-electron chi connectivity index (χ0n) is 17.3. The summed E-state index contributed by atoms with van der Waals surface area (Å²) in [6, 6.07) is 6.85. The van der Waals surface area contributed by atoms with Gasteiger partial charge in [-0.05, 0) is 46.8 Å². The molecule has 0 saturated heterocycles. The standard InChI is InChI=1S/C20H24BrN3O5/c1-7-28-16(26)19(5,11-22)20(23-17(27)29-18(2,3)4)13-9-8-12(21)10-14(13)24(6)15(20)25/h8-10H,7H2,1-6H3,(H,23,27). The summed E-state index contributed by atoms with van der Waals surface area (Å²) in [5, 5.41) is 12.6. The number of benzene rings is 1. The van der Waals surface area contributed by atoms with Crippen molar-refractivity contribution < 1.29 is 23.9 Å². The summed E-state index contributed by atoms with van der Waals surface area (Å²) < 4.78 is 11.1. The van der Waals surface area contributed by atoms with Crippen molar-refractivity contribution >= 4 is 39.6 Å². The Labute approximate surface area is 178 Å². The van der Waals surface area contributed by atoms with Crippen LogP contribution in [0.3, 0.4) is 0 Å². The Bertz CT molecular complexity index is 904. The second kappa shape index (κ2) is 7.67. The normalized spacial score (nSPS) is 20.3. The number of alkyl carbamates (subject to hydrolysis) is 1. The van der Waals surface area contributed by atoms with Gasteiger partial charge in [-0.2, -0.15) is 5.26 Å². The Balaban J connectivity index is 2.78. The number of hydrogen-bond acceptors (Lipinski definition) is 6. The first-order valence-corrected chi connectivity index (χ1v) is 9.81. The maximum absolute atomic E-state index is 13.5. The number of carbonyl (C=O) groups is 3. The van der Waals surface area contributed by atoms with Gasteiger partial charge in [0.2, 0.25) is 0 Å². The summed E-state index contributed by atoms with van der Waals surface area (Å²) >= 11 is 3.36. The second-order valence-corrected chi connectivity index (χ2v) is 8.78. The van der Waals surface area contributed by atoms with E-state index in [2.05, 4.69) is 21.2 Å². The van der Waals surface area contributed by atoms with E-state index in [1.807, 2.05) is 6.07 Å². The summed E-state index contributed by atoms with van der Waals surface area (Å²) in [5.41, 5.74) is -4.18. The number of esters is 1. The van der Waals surface area contributed by atoms with E-state index in [4.69, 9.17) is 9.47 Å². The van der Waals surface area contributed by atoms with Crippen LogP contribution in [0.1, 0.15) is 40.2 Å². The average molecular weight is 466 g/mol. The fourth-order valence-corrected chi connectivity index (χ4v) is 3.67. The van der Waals surface area contributed by atoms with Crippen molar-refractivity contribution in [2.24, 2.45) is 5.41 Å². The van der Waals surface area contributed by atoms with E-state index in [-0.39, 0.29) is 6.61 Å². The van der Waals surface area contributed by atoms with Crippen molar-refractivity contribution in [1.82, 2.24) is 5.32 Å². The number of carbonyl (C=O) groups excluding carboxylic acids is 3. The maximum Gasteiger partial charge on any atom is 0.408 e. The second-order valence-electron chi connectivity index (χ2n) is 7.86. The molecule has 1 aliphatic rings. The predicted molar refractivity (Wildman–Crippen MR) is 109 cm³/mol. The molecule has 8 nitrogen and oxygen atoms in total. The largest absolute Gasteiger partial charge is 0.465 e. The number of ether oxygens (including phenoxy) is 2.